The number of hydrogen-bond acceptors (Lipinski definition) is 2. The second kappa shape index (κ2) is 9.46. The van der Waals surface area contributed by atoms with E-state index in [1.165, 1.54) is 75.4 Å². The lowest BCUT2D eigenvalue weighted by Crippen LogP contribution is -1.94. The molecule has 0 unspecified atom stereocenters. The number of aromatic nitrogens is 2. The summed E-state index contributed by atoms with van der Waals surface area (Å²) in [6.45, 7) is 4.35. The molecule has 0 spiro atoms. The zero-order chi connectivity index (χ0) is 30.5. The van der Waals surface area contributed by atoms with Crippen molar-refractivity contribution in [1.29, 1.82) is 0 Å². The molecule has 0 atom stereocenters. The van der Waals surface area contributed by atoms with Crippen LogP contribution in [0.25, 0.3) is 87.2 Å². The lowest BCUT2D eigenvalue weighted by atomic mass is 9.98. The number of rotatable bonds is 3. The molecule has 0 N–H and O–H groups in total. The molecule has 0 amide bonds. The number of hydrogen-bond donors (Lipinski definition) is 0. The van der Waals surface area contributed by atoms with Gasteiger partial charge in [0.05, 0.1) is 22.1 Å². The van der Waals surface area contributed by atoms with Gasteiger partial charge < -0.3 is 13.6 Å². The highest BCUT2D eigenvalue weighted by molar-refractivity contribution is 7.19. The molecule has 0 aliphatic heterocycles. The van der Waals surface area contributed by atoms with Crippen LogP contribution < -0.4 is 0 Å². The number of aryl methyl sites for hydroxylation is 2. The highest BCUT2D eigenvalue weighted by atomic mass is 32.1. The molecule has 218 valence electrons. The maximum atomic E-state index is 6.48. The van der Waals surface area contributed by atoms with Gasteiger partial charge >= 0.3 is 0 Å². The van der Waals surface area contributed by atoms with Gasteiger partial charge in [0.15, 0.2) is 0 Å². The SMILES string of the molecule is Cc1oc2ccc(-n3c4ccccc4c4ccccc43)cc2c1-c1c(C)sc2ccc(-n3c4ccccc4c4ccccc43)cc12. The van der Waals surface area contributed by atoms with Crippen LogP contribution in [0.1, 0.15) is 10.6 Å². The summed E-state index contributed by atoms with van der Waals surface area (Å²) in [7, 11) is 0. The number of nitrogens with zero attached hydrogens (tertiary/aromatic N) is 2. The maximum Gasteiger partial charge on any atom is 0.135 e. The third-order valence-electron chi connectivity index (χ3n) is 9.62. The van der Waals surface area contributed by atoms with Crippen molar-refractivity contribution < 1.29 is 4.42 Å². The number of fused-ring (bicyclic) bond motifs is 8. The molecule has 0 aliphatic carbocycles. The number of thiophene rings is 1. The predicted octanol–water partition coefficient (Wildman–Crippen LogP) is 12.1. The van der Waals surface area contributed by atoms with E-state index in [2.05, 4.69) is 156 Å². The van der Waals surface area contributed by atoms with E-state index >= 15 is 0 Å². The van der Waals surface area contributed by atoms with Crippen molar-refractivity contribution >= 4 is 76.0 Å². The molecule has 46 heavy (non-hydrogen) atoms. The van der Waals surface area contributed by atoms with Crippen LogP contribution >= 0.6 is 11.3 Å². The molecule has 4 heteroatoms. The normalized spacial score (nSPS) is 12.1. The molecule has 0 fully saturated rings. The van der Waals surface area contributed by atoms with E-state index in [0.717, 1.165) is 22.4 Å². The number of furan rings is 1. The molecule has 0 saturated heterocycles. The lowest BCUT2D eigenvalue weighted by molar-refractivity contribution is 0.580. The fraction of sp³-hybridized carbons (Fsp3) is 0.0476. The van der Waals surface area contributed by atoms with Gasteiger partial charge in [0.25, 0.3) is 0 Å². The largest absolute Gasteiger partial charge is 0.461 e. The van der Waals surface area contributed by atoms with E-state index in [-0.39, 0.29) is 0 Å². The van der Waals surface area contributed by atoms with Crippen LogP contribution in [0, 0.1) is 13.8 Å². The first kappa shape index (κ1) is 25.7. The van der Waals surface area contributed by atoms with Crippen molar-refractivity contribution in [3.63, 3.8) is 0 Å². The van der Waals surface area contributed by atoms with Crippen LogP contribution in [-0.4, -0.2) is 9.13 Å². The number of benzene rings is 6. The fourth-order valence-electron chi connectivity index (χ4n) is 7.72. The van der Waals surface area contributed by atoms with Gasteiger partial charge in [-0.15, -0.1) is 11.3 Å². The van der Waals surface area contributed by atoms with Gasteiger partial charge in [-0.1, -0.05) is 72.8 Å². The van der Waals surface area contributed by atoms with Gasteiger partial charge in [-0.05, 0) is 74.5 Å². The van der Waals surface area contributed by atoms with E-state index in [1.807, 2.05) is 11.3 Å². The van der Waals surface area contributed by atoms with E-state index in [4.69, 9.17) is 4.42 Å². The molecule has 4 aromatic heterocycles. The molecular formula is C42H28N2OS. The van der Waals surface area contributed by atoms with Crippen LogP contribution in [0.4, 0.5) is 0 Å². The monoisotopic (exact) mass is 608 g/mol. The van der Waals surface area contributed by atoms with Crippen LogP contribution in [0.2, 0.25) is 0 Å². The quantitative estimate of drug-likeness (QED) is 0.196. The Morgan fingerprint density at radius 1 is 0.457 bits per heavy atom. The summed E-state index contributed by atoms with van der Waals surface area (Å²) in [6, 6.07) is 48.4. The van der Waals surface area contributed by atoms with Crippen LogP contribution in [0.5, 0.6) is 0 Å². The van der Waals surface area contributed by atoms with Crippen molar-refractivity contribution in [2.24, 2.45) is 0 Å². The Labute approximate surface area is 269 Å². The van der Waals surface area contributed by atoms with Crippen molar-refractivity contribution in [1.82, 2.24) is 9.13 Å². The Balaban J connectivity index is 1.23. The molecule has 10 aromatic rings. The summed E-state index contributed by atoms with van der Waals surface area (Å²) in [5.74, 6) is 0.944. The Morgan fingerprint density at radius 3 is 1.43 bits per heavy atom. The Morgan fingerprint density at radius 2 is 0.913 bits per heavy atom. The standard InChI is InChI=1S/C42H28N2OS/c1-25-41(33-23-27(19-21-39(33)45-25)43-35-15-7-3-11-29(35)30-12-4-8-16-36(30)43)42-26(2)46-40-22-20-28(24-34(40)42)44-37-17-9-5-13-31(37)32-14-6-10-18-38(32)44/h3-24H,1-2H3. The van der Waals surface area contributed by atoms with Gasteiger partial charge in [-0.3, -0.25) is 0 Å². The molecule has 10 rings (SSSR count). The topological polar surface area (TPSA) is 23.0 Å². The molecule has 6 aromatic carbocycles. The third-order valence-corrected chi connectivity index (χ3v) is 10.7. The molecule has 0 bridgehead atoms. The van der Waals surface area contributed by atoms with Gasteiger partial charge in [0, 0.05) is 64.4 Å². The second-order valence-electron chi connectivity index (χ2n) is 12.2. The van der Waals surface area contributed by atoms with E-state index in [1.54, 1.807) is 0 Å². The minimum Gasteiger partial charge on any atom is -0.461 e. The summed E-state index contributed by atoms with van der Waals surface area (Å²) < 4.78 is 12.6. The highest BCUT2D eigenvalue weighted by Crippen LogP contribution is 2.46. The summed E-state index contributed by atoms with van der Waals surface area (Å²) in [5, 5.41) is 7.47. The second-order valence-corrected chi connectivity index (χ2v) is 13.4. The van der Waals surface area contributed by atoms with Crippen LogP contribution in [-0.2, 0) is 0 Å². The van der Waals surface area contributed by atoms with Crippen molar-refractivity contribution in [3.05, 3.63) is 144 Å². The number of para-hydroxylation sites is 4. The molecular weight excluding hydrogens is 581 g/mol. The Kier molecular flexibility index (Phi) is 5.29. The van der Waals surface area contributed by atoms with Crippen molar-refractivity contribution in [2.45, 2.75) is 13.8 Å². The average Bonchev–Trinajstić information content (AvgIpc) is 3.80. The first-order valence-electron chi connectivity index (χ1n) is 15.7. The fourth-order valence-corrected chi connectivity index (χ4v) is 8.77. The van der Waals surface area contributed by atoms with Crippen LogP contribution in [0.3, 0.4) is 0 Å². The molecule has 4 heterocycles. The van der Waals surface area contributed by atoms with Gasteiger partial charge in [0.2, 0.25) is 0 Å². The smallest absolute Gasteiger partial charge is 0.135 e. The van der Waals surface area contributed by atoms with Gasteiger partial charge in [-0.2, -0.15) is 0 Å². The summed E-state index contributed by atoms with van der Waals surface area (Å²) in [4.78, 5) is 1.29. The zero-order valence-electron chi connectivity index (χ0n) is 25.4. The predicted molar refractivity (Wildman–Crippen MR) is 195 cm³/mol. The summed E-state index contributed by atoms with van der Waals surface area (Å²) >= 11 is 1.86. The first-order valence-corrected chi connectivity index (χ1v) is 16.5. The van der Waals surface area contributed by atoms with E-state index in [9.17, 15) is 0 Å². The van der Waals surface area contributed by atoms with E-state index in [0.29, 0.717) is 0 Å². The molecule has 0 radical (unpaired) electrons. The van der Waals surface area contributed by atoms with Crippen molar-refractivity contribution in [3.8, 4) is 22.5 Å². The highest BCUT2D eigenvalue weighted by Gasteiger charge is 2.22. The maximum absolute atomic E-state index is 6.48. The molecule has 0 aliphatic rings. The summed E-state index contributed by atoms with van der Waals surface area (Å²) in [6.07, 6.45) is 0. The molecule has 3 nitrogen and oxygen atoms in total. The zero-order valence-corrected chi connectivity index (χ0v) is 26.2. The summed E-state index contributed by atoms with van der Waals surface area (Å²) in [5.41, 5.74) is 10.5. The molecule has 0 saturated carbocycles. The van der Waals surface area contributed by atoms with Gasteiger partial charge in [-0.25, -0.2) is 0 Å². The Hall–Kier alpha value is -5.58. The third kappa shape index (κ3) is 3.48. The van der Waals surface area contributed by atoms with E-state index < -0.39 is 0 Å². The first-order chi connectivity index (χ1) is 22.7. The minimum absolute atomic E-state index is 0.911. The lowest BCUT2D eigenvalue weighted by Gasteiger charge is -2.10. The average molecular weight is 609 g/mol. The van der Waals surface area contributed by atoms with Crippen molar-refractivity contribution in [2.75, 3.05) is 0 Å². The Bertz CT molecular complexity index is 2540. The van der Waals surface area contributed by atoms with Crippen LogP contribution in [0.15, 0.2) is 138 Å². The van der Waals surface area contributed by atoms with Gasteiger partial charge in [0.1, 0.15) is 11.3 Å². The minimum atomic E-state index is 0.911.